The van der Waals surface area contributed by atoms with Crippen LogP contribution in [0.5, 0.6) is 11.6 Å². The van der Waals surface area contributed by atoms with Crippen LogP contribution in [0.1, 0.15) is 22.3 Å². The second-order valence-corrected chi connectivity index (χ2v) is 8.34. The van der Waals surface area contributed by atoms with Gasteiger partial charge in [0.05, 0.1) is 18.8 Å². The number of benzene rings is 1. The van der Waals surface area contributed by atoms with Crippen LogP contribution >= 0.6 is 11.6 Å². The monoisotopic (exact) mass is 515 g/mol. The van der Waals surface area contributed by atoms with Crippen molar-refractivity contribution < 1.29 is 28.2 Å². The molecule has 0 saturated carbocycles. The molecule has 36 heavy (non-hydrogen) atoms. The highest BCUT2D eigenvalue weighted by Gasteiger charge is 2.28. The van der Waals surface area contributed by atoms with Crippen molar-refractivity contribution in [2.75, 3.05) is 30.4 Å². The number of aromatic nitrogens is 2. The predicted molar refractivity (Wildman–Crippen MR) is 127 cm³/mol. The second kappa shape index (κ2) is 10.3. The van der Waals surface area contributed by atoms with Crippen molar-refractivity contribution in [3.8, 4) is 28.8 Å². The minimum atomic E-state index is -3.85. The molecule has 186 valence electrons. The fourth-order valence-electron chi connectivity index (χ4n) is 3.77. The summed E-state index contributed by atoms with van der Waals surface area (Å²) >= 11 is 4.76. The van der Waals surface area contributed by atoms with Crippen molar-refractivity contribution in [1.82, 2.24) is 9.97 Å². The fraction of sp³-hybridized carbons (Fsp3) is 0.250. The normalized spacial score (nSPS) is 15.3. The van der Waals surface area contributed by atoms with Gasteiger partial charge in [-0.05, 0) is 42.8 Å². The number of amides is 1. The van der Waals surface area contributed by atoms with E-state index in [1.165, 1.54) is 43.8 Å². The van der Waals surface area contributed by atoms with E-state index >= 15 is 0 Å². The Morgan fingerprint density at radius 2 is 2.03 bits per heavy atom. The van der Waals surface area contributed by atoms with E-state index in [1.807, 2.05) is 11.0 Å². The number of carbonyl (C=O) groups excluding carboxylic acids is 1. The molecule has 1 aromatic carbocycles. The quantitative estimate of drug-likeness (QED) is 0.453. The van der Waals surface area contributed by atoms with Gasteiger partial charge in [0, 0.05) is 53.9 Å². The summed E-state index contributed by atoms with van der Waals surface area (Å²) in [6.45, 7) is 0.938. The predicted octanol–water partition coefficient (Wildman–Crippen LogP) is 4.02. The van der Waals surface area contributed by atoms with Gasteiger partial charge < -0.3 is 24.8 Å². The summed E-state index contributed by atoms with van der Waals surface area (Å²) in [5, 5.41) is 22.1. The third kappa shape index (κ3) is 5.79. The number of alkyl halides is 3. The Kier molecular flexibility index (Phi) is 7.19. The van der Waals surface area contributed by atoms with Gasteiger partial charge in [0.1, 0.15) is 23.2 Å². The smallest absolute Gasteiger partial charge is 0.480 e. The molecule has 1 saturated heterocycles. The zero-order valence-corrected chi connectivity index (χ0v) is 19.7. The maximum Gasteiger partial charge on any atom is 0.487 e. The highest BCUT2D eigenvalue weighted by atomic mass is 35.5. The standard InChI is InChI=1S/C24H20ClF2N5O4/c1-35-23-14(10-28)8-15(11-30-23)20-9-16(12-29-21(20)32-7-6-18(33)13-32)22(34)31-17-2-4-19(5-3-17)36-24(25,26)27/h2-5,8-9,11-12,18,33H,6-7,13H2,1H3,(H,31,34). The fourth-order valence-corrected chi connectivity index (χ4v) is 3.85. The second-order valence-electron chi connectivity index (χ2n) is 7.90. The molecule has 12 heteroatoms. The summed E-state index contributed by atoms with van der Waals surface area (Å²) in [4.78, 5) is 23.5. The third-order valence-corrected chi connectivity index (χ3v) is 5.49. The van der Waals surface area contributed by atoms with Crippen molar-refractivity contribution in [1.29, 1.82) is 5.26 Å². The van der Waals surface area contributed by atoms with E-state index in [0.29, 0.717) is 42.1 Å². The van der Waals surface area contributed by atoms with Crippen molar-refractivity contribution in [3.63, 3.8) is 0 Å². The topological polar surface area (TPSA) is 121 Å². The lowest BCUT2D eigenvalue weighted by atomic mass is 10.0. The largest absolute Gasteiger partial charge is 0.487 e. The van der Waals surface area contributed by atoms with E-state index in [-0.39, 0.29) is 22.8 Å². The van der Waals surface area contributed by atoms with Crippen LogP contribution in [0.4, 0.5) is 20.3 Å². The minimum absolute atomic E-state index is 0.167. The van der Waals surface area contributed by atoms with Crippen LogP contribution in [0.15, 0.2) is 48.8 Å². The van der Waals surface area contributed by atoms with E-state index < -0.39 is 17.6 Å². The van der Waals surface area contributed by atoms with E-state index in [0.717, 1.165) is 0 Å². The van der Waals surface area contributed by atoms with Crippen molar-refractivity contribution >= 4 is 29.0 Å². The molecule has 9 nitrogen and oxygen atoms in total. The zero-order chi connectivity index (χ0) is 25.9. The highest BCUT2D eigenvalue weighted by Crippen LogP contribution is 2.34. The average Bonchev–Trinajstić information content (AvgIpc) is 3.29. The van der Waals surface area contributed by atoms with Crippen LogP contribution in [-0.2, 0) is 0 Å². The maximum atomic E-state index is 13.0. The van der Waals surface area contributed by atoms with Crippen LogP contribution in [-0.4, -0.2) is 52.9 Å². The first-order valence-electron chi connectivity index (χ1n) is 10.7. The van der Waals surface area contributed by atoms with Crippen molar-refractivity contribution in [3.05, 3.63) is 59.9 Å². The van der Waals surface area contributed by atoms with Gasteiger partial charge in [0.15, 0.2) is 0 Å². The molecule has 4 rings (SSSR count). The number of carbonyl (C=O) groups is 1. The van der Waals surface area contributed by atoms with Gasteiger partial charge in [-0.2, -0.15) is 5.26 Å². The molecular weight excluding hydrogens is 496 g/mol. The molecule has 2 N–H and O–H groups in total. The van der Waals surface area contributed by atoms with E-state index in [1.54, 1.807) is 12.1 Å². The lowest BCUT2D eigenvalue weighted by Gasteiger charge is -2.21. The number of rotatable bonds is 7. The molecule has 0 bridgehead atoms. The number of anilines is 2. The molecule has 1 atom stereocenters. The number of pyridine rings is 2. The first-order chi connectivity index (χ1) is 17.2. The van der Waals surface area contributed by atoms with Crippen LogP contribution in [0.25, 0.3) is 11.1 Å². The average molecular weight is 516 g/mol. The molecule has 1 aliphatic rings. The Labute approximate surface area is 209 Å². The van der Waals surface area contributed by atoms with Crippen molar-refractivity contribution in [2.24, 2.45) is 0 Å². The Morgan fingerprint density at radius 3 is 2.64 bits per heavy atom. The molecule has 2 aromatic heterocycles. The summed E-state index contributed by atoms with van der Waals surface area (Å²) in [5.74, 6) is 0.0209. The van der Waals surface area contributed by atoms with Gasteiger partial charge in [-0.3, -0.25) is 4.79 Å². The molecule has 1 fully saturated rings. The Bertz CT molecular complexity index is 1310. The molecule has 0 radical (unpaired) electrons. The minimum Gasteiger partial charge on any atom is -0.480 e. The number of aliphatic hydroxyl groups is 1. The first kappa shape index (κ1) is 25.1. The van der Waals surface area contributed by atoms with Gasteiger partial charge in [-0.1, -0.05) is 0 Å². The number of nitrogens with zero attached hydrogens (tertiary/aromatic N) is 4. The van der Waals surface area contributed by atoms with Crippen LogP contribution in [0.2, 0.25) is 0 Å². The first-order valence-corrected chi connectivity index (χ1v) is 11.1. The molecule has 1 unspecified atom stereocenters. The van der Waals surface area contributed by atoms with Gasteiger partial charge in [0.25, 0.3) is 5.91 Å². The molecule has 0 spiro atoms. The van der Waals surface area contributed by atoms with Crippen LogP contribution in [0.3, 0.4) is 0 Å². The van der Waals surface area contributed by atoms with Crippen LogP contribution < -0.4 is 19.7 Å². The third-order valence-electron chi connectivity index (χ3n) is 5.41. The number of nitriles is 1. The number of nitrogens with one attached hydrogen (secondary N) is 1. The molecule has 3 heterocycles. The lowest BCUT2D eigenvalue weighted by molar-refractivity contribution is -0.0964. The highest BCUT2D eigenvalue weighted by molar-refractivity contribution is 6.20. The summed E-state index contributed by atoms with van der Waals surface area (Å²) in [6.07, 6.45) is 2.98. The number of ether oxygens (including phenoxy) is 2. The molecule has 0 aliphatic carbocycles. The number of hydrogen-bond acceptors (Lipinski definition) is 8. The SMILES string of the molecule is COc1ncc(-c2cc(C(=O)Nc3ccc(OC(F)(F)Cl)cc3)cnc2N2CCC(O)C2)cc1C#N. The van der Waals surface area contributed by atoms with Crippen LogP contribution in [0, 0.1) is 11.3 Å². The summed E-state index contributed by atoms with van der Waals surface area (Å²) in [5.41, 5.74) is -2.03. The Hall–Kier alpha value is -4.01. The Morgan fingerprint density at radius 1 is 1.28 bits per heavy atom. The molecule has 3 aromatic rings. The van der Waals surface area contributed by atoms with E-state index in [9.17, 15) is 23.9 Å². The Balaban J connectivity index is 1.65. The summed E-state index contributed by atoms with van der Waals surface area (Å²) < 4.78 is 35.0. The number of halogens is 3. The van der Waals surface area contributed by atoms with Gasteiger partial charge in [-0.15, -0.1) is 8.78 Å². The number of β-amino-alcohol motifs (C(OH)–C–C–N with tert-alkyl or cyclic N) is 1. The van der Waals surface area contributed by atoms with Crippen molar-refractivity contribution in [2.45, 2.75) is 18.1 Å². The number of aliphatic hydroxyl groups excluding tert-OH is 1. The molecular formula is C24H20ClF2N5O4. The number of methoxy groups -OCH3 is 1. The zero-order valence-electron chi connectivity index (χ0n) is 18.9. The number of hydrogen-bond donors (Lipinski definition) is 2. The molecule has 1 aliphatic heterocycles. The van der Waals surface area contributed by atoms with Gasteiger partial charge >= 0.3 is 5.57 Å². The lowest BCUT2D eigenvalue weighted by Crippen LogP contribution is -2.23. The molecule has 1 amide bonds. The summed E-state index contributed by atoms with van der Waals surface area (Å²) in [7, 11) is 1.41. The van der Waals surface area contributed by atoms with Gasteiger partial charge in [0.2, 0.25) is 5.88 Å². The maximum absolute atomic E-state index is 13.0. The summed E-state index contributed by atoms with van der Waals surface area (Å²) in [6, 6.07) is 10.5. The van der Waals surface area contributed by atoms with E-state index in [4.69, 9.17) is 16.3 Å². The van der Waals surface area contributed by atoms with E-state index in [2.05, 4.69) is 20.0 Å². The van der Waals surface area contributed by atoms with Gasteiger partial charge in [-0.25, -0.2) is 9.97 Å².